The van der Waals surface area contributed by atoms with Crippen molar-refractivity contribution in [3.05, 3.63) is 71.8 Å². The van der Waals surface area contributed by atoms with Crippen molar-refractivity contribution in [1.82, 2.24) is 10.3 Å². The van der Waals surface area contributed by atoms with Crippen LogP contribution in [-0.2, 0) is 11.2 Å². The van der Waals surface area contributed by atoms with Crippen LogP contribution in [0, 0.1) is 0 Å². The summed E-state index contributed by atoms with van der Waals surface area (Å²) in [5, 5.41) is 7.31. The number of pyridine rings is 1. The Morgan fingerprint density at radius 3 is 2.66 bits per heavy atom. The van der Waals surface area contributed by atoms with E-state index in [-0.39, 0.29) is 5.91 Å². The number of rotatable bonds is 10. The van der Waals surface area contributed by atoms with Gasteiger partial charge in [-0.2, -0.15) is 0 Å². The number of fused-ring (bicyclic) bond motifs is 1. The standard InChI is InChI=1S/C24H27N3O2/c28-24(26-19-11-12-19)21-17-23(27-22-10-5-4-9-20(21)22)25-14-6-15-29-16-13-18-7-2-1-3-8-18/h1-5,7-10,17,19H,6,11-16H2,(H,25,27)(H,26,28). The van der Waals surface area contributed by atoms with Gasteiger partial charge in [-0.3, -0.25) is 4.79 Å². The number of nitrogens with zero attached hydrogens (tertiary/aromatic N) is 1. The Hall–Kier alpha value is -2.92. The van der Waals surface area contributed by atoms with Crippen LogP contribution >= 0.6 is 0 Å². The molecule has 3 aromatic rings. The minimum atomic E-state index is -0.0154. The fourth-order valence-electron chi connectivity index (χ4n) is 3.27. The molecule has 29 heavy (non-hydrogen) atoms. The highest BCUT2D eigenvalue weighted by Gasteiger charge is 2.24. The van der Waals surface area contributed by atoms with Gasteiger partial charge >= 0.3 is 0 Å². The van der Waals surface area contributed by atoms with Crippen molar-refractivity contribution in [2.45, 2.75) is 31.7 Å². The van der Waals surface area contributed by atoms with Gasteiger partial charge in [-0.25, -0.2) is 4.98 Å². The molecule has 1 aliphatic rings. The second-order valence-electron chi connectivity index (χ2n) is 7.45. The summed E-state index contributed by atoms with van der Waals surface area (Å²) < 4.78 is 5.73. The van der Waals surface area contributed by atoms with E-state index in [1.807, 2.05) is 36.4 Å². The topological polar surface area (TPSA) is 63.2 Å². The van der Waals surface area contributed by atoms with Crippen molar-refractivity contribution in [3.8, 4) is 0 Å². The number of ether oxygens (including phenoxy) is 1. The van der Waals surface area contributed by atoms with E-state index >= 15 is 0 Å². The summed E-state index contributed by atoms with van der Waals surface area (Å²) in [7, 11) is 0. The van der Waals surface area contributed by atoms with Crippen molar-refractivity contribution in [3.63, 3.8) is 0 Å². The lowest BCUT2D eigenvalue weighted by Gasteiger charge is -2.11. The van der Waals surface area contributed by atoms with Crippen molar-refractivity contribution >= 4 is 22.6 Å². The van der Waals surface area contributed by atoms with E-state index in [9.17, 15) is 4.79 Å². The predicted octanol–water partition coefficient (Wildman–Crippen LogP) is 4.19. The maximum Gasteiger partial charge on any atom is 0.252 e. The highest BCUT2D eigenvalue weighted by atomic mass is 16.5. The van der Waals surface area contributed by atoms with Gasteiger partial charge in [-0.1, -0.05) is 48.5 Å². The number of anilines is 1. The van der Waals surface area contributed by atoms with Gasteiger partial charge in [0.1, 0.15) is 5.82 Å². The molecule has 150 valence electrons. The van der Waals surface area contributed by atoms with Crippen LogP contribution in [0.2, 0.25) is 0 Å². The number of amides is 1. The van der Waals surface area contributed by atoms with E-state index < -0.39 is 0 Å². The molecule has 1 heterocycles. The van der Waals surface area contributed by atoms with Gasteiger partial charge in [0, 0.05) is 24.6 Å². The predicted molar refractivity (Wildman–Crippen MR) is 116 cm³/mol. The van der Waals surface area contributed by atoms with Crippen LogP contribution < -0.4 is 10.6 Å². The Morgan fingerprint density at radius 2 is 1.83 bits per heavy atom. The van der Waals surface area contributed by atoms with Gasteiger partial charge in [0.2, 0.25) is 0 Å². The average Bonchev–Trinajstić information content (AvgIpc) is 3.57. The van der Waals surface area contributed by atoms with Crippen molar-refractivity contribution in [2.75, 3.05) is 25.1 Å². The molecule has 5 heteroatoms. The number of para-hydroxylation sites is 1. The first-order chi connectivity index (χ1) is 14.3. The van der Waals surface area contributed by atoms with Crippen LogP contribution in [0.4, 0.5) is 5.82 Å². The van der Waals surface area contributed by atoms with Gasteiger partial charge in [0.05, 0.1) is 17.7 Å². The molecule has 0 aliphatic heterocycles. The number of aromatic nitrogens is 1. The van der Waals surface area contributed by atoms with Crippen molar-refractivity contribution in [1.29, 1.82) is 0 Å². The highest BCUT2D eigenvalue weighted by Crippen LogP contribution is 2.24. The monoisotopic (exact) mass is 389 g/mol. The van der Waals surface area contributed by atoms with E-state index in [2.05, 4.69) is 39.9 Å². The van der Waals surface area contributed by atoms with Crippen LogP contribution in [0.25, 0.3) is 10.9 Å². The van der Waals surface area contributed by atoms with Gasteiger partial charge in [-0.05, 0) is 43.4 Å². The van der Waals surface area contributed by atoms with Gasteiger partial charge in [-0.15, -0.1) is 0 Å². The van der Waals surface area contributed by atoms with Gasteiger partial charge in [0.25, 0.3) is 5.91 Å². The summed E-state index contributed by atoms with van der Waals surface area (Å²) in [4.78, 5) is 17.3. The fraction of sp³-hybridized carbons (Fsp3) is 0.333. The Morgan fingerprint density at radius 1 is 1.03 bits per heavy atom. The second-order valence-corrected chi connectivity index (χ2v) is 7.45. The minimum Gasteiger partial charge on any atom is -0.381 e. The molecule has 0 spiro atoms. The molecule has 0 atom stereocenters. The molecule has 5 nitrogen and oxygen atoms in total. The summed E-state index contributed by atoms with van der Waals surface area (Å²) >= 11 is 0. The van der Waals surface area contributed by atoms with Crippen molar-refractivity contribution < 1.29 is 9.53 Å². The zero-order chi connectivity index (χ0) is 19.9. The third kappa shape index (κ3) is 5.55. The Balaban J connectivity index is 1.28. The maximum atomic E-state index is 12.6. The summed E-state index contributed by atoms with van der Waals surface area (Å²) in [6.07, 6.45) is 3.96. The largest absolute Gasteiger partial charge is 0.381 e. The smallest absolute Gasteiger partial charge is 0.252 e. The lowest BCUT2D eigenvalue weighted by atomic mass is 10.1. The first-order valence-electron chi connectivity index (χ1n) is 10.4. The highest BCUT2D eigenvalue weighted by molar-refractivity contribution is 6.07. The molecule has 2 N–H and O–H groups in total. The van der Waals surface area contributed by atoms with E-state index in [1.165, 1.54) is 5.56 Å². The Bertz CT molecular complexity index is 955. The summed E-state index contributed by atoms with van der Waals surface area (Å²) in [6.45, 7) is 2.17. The lowest BCUT2D eigenvalue weighted by Crippen LogP contribution is -2.25. The zero-order valence-corrected chi connectivity index (χ0v) is 16.6. The zero-order valence-electron chi connectivity index (χ0n) is 16.6. The SMILES string of the molecule is O=C(NC1CC1)c1cc(NCCCOCCc2ccccc2)nc2ccccc12. The quantitative estimate of drug-likeness (QED) is 0.511. The van der Waals surface area contributed by atoms with Crippen LogP contribution in [-0.4, -0.2) is 36.7 Å². The van der Waals surface area contributed by atoms with E-state index in [0.29, 0.717) is 18.2 Å². The molecule has 0 bridgehead atoms. The van der Waals surface area contributed by atoms with Crippen LogP contribution in [0.15, 0.2) is 60.7 Å². The molecule has 1 aliphatic carbocycles. The summed E-state index contributed by atoms with van der Waals surface area (Å²) in [5.74, 6) is 0.715. The number of nitrogens with one attached hydrogen (secondary N) is 2. The molecule has 1 aromatic heterocycles. The maximum absolute atomic E-state index is 12.6. The van der Waals surface area contributed by atoms with Gasteiger partial charge in [0.15, 0.2) is 0 Å². The fourth-order valence-corrected chi connectivity index (χ4v) is 3.27. The lowest BCUT2D eigenvalue weighted by molar-refractivity contribution is 0.0952. The number of carbonyl (C=O) groups is 1. The first-order valence-corrected chi connectivity index (χ1v) is 10.4. The molecule has 1 amide bonds. The number of carbonyl (C=O) groups excluding carboxylic acids is 1. The molecule has 4 rings (SSSR count). The van der Waals surface area contributed by atoms with Crippen LogP contribution in [0.5, 0.6) is 0 Å². The normalized spacial score (nSPS) is 13.4. The van der Waals surface area contributed by atoms with E-state index in [0.717, 1.165) is 55.6 Å². The molecule has 0 radical (unpaired) electrons. The number of benzene rings is 2. The number of hydrogen-bond donors (Lipinski definition) is 2. The Kier molecular flexibility index (Phi) is 6.37. The van der Waals surface area contributed by atoms with Gasteiger partial charge < -0.3 is 15.4 Å². The van der Waals surface area contributed by atoms with E-state index in [4.69, 9.17) is 4.74 Å². The number of hydrogen-bond acceptors (Lipinski definition) is 4. The van der Waals surface area contributed by atoms with Crippen molar-refractivity contribution in [2.24, 2.45) is 0 Å². The third-order valence-corrected chi connectivity index (χ3v) is 5.02. The molecular formula is C24H27N3O2. The molecule has 1 fully saturated rings. The molecule has 1 saturated carbocycles. The minimum absolute atomic E-state index is 0.0154. The van der Waals surface area contributed by atoms with Crippen LogP contribution in [0.1, 0.15) is 35.2 Å². The molecular weight excluding hydrogens is 362 g/mol. The first kappa shape index (κ1) is 19.4. The summed E-state index contributed by atoms with van der Waals surface area (Å²) in [6, 6.07) is 20.3. The molecule has 0 unspecified atom stereocenters. The summed E-state index contributed by atoms with van der Waals surface area (Å²) in [5.41, 5.74) is 2.81. The third-order valence-electron chi connectivity index (χ3n) is 5.02. The molecule has 0 saturated heterocycles. The Labute approximate surface area is 171 Å². The molecule has 2 aromatic carbocycles. The van der Waals surface area contributed by atoms with E-state index in [1.54, 1.807) is 0 Å². The second kappa shape index (κ2) is 9.52. The van der Waals surface area contributed by atoms with Crippen LogP contribution in [0.3, 0.4) is 0 Å². The average molecular weight is 389 g/mol.